The second-order valence-corrected chi connectivity index (χ2v) is 7.87. The van der Waals surface area contributed by atoms with Crippen LogP contribution in [0.3, 0.4) is 0 Å². The number of hydrogen-bond donors (Lipinski definition) is 2. The van der Waals surface area contributed by atoms with E-state index in [9.17, 15) is 9.59 Å². The Balaban J connectivity index is 1.62. The molecule has 3 rings (SSSR count). The number of H-pyrrole nitrogens is 1. The standard InChI is InChI=1S/C16H26N4O2/c1-10-6-11(8-16(2,3)7-10)14(21)17-9-13-18-19-15(22)20(13)12-4-5-12/h10-12H,4-9H2,1-3H3,(H,17,21)(H,19,22). The molecule has 1 heterocycles. The summed E-state index contributed by atoms with van der Waals surface area (Å²) in [6.07, 6.45) is 5.10. The zero-order valence-electron chi connectivity index (χ0n) is 13.7. The molecule has 6 nitrogen and oxygen atoms in total. The van der Waals surface area contributed by atoms with E-state index in [2.05, 4.69) is 36.3 Å². The van der Waals surface area contributed by atoms with E-state index < -0.39 is 0 Å². The SMILES string of the molecule is CC1CC(C(=O)NCc2n[nH]c(=O)n2C2CC2)CC(C)(C)C1. The van der Waals surface area contributed by atoms with Crippen LogP contribution < -0.4 is 11.0 Å². The van der Waals surface area contributed by atoms with E-state index in [4.69, 9.17) is 0 Å². The smallest absolute Gasteiger partial charge is 0.343 e. The van der Waals surface area contributed by atoms with Gasteiger partial charge in [-0.15, -0.1) is 0 Å². The molecule has 0 radical (unpaired) electrons. The number of aromatic nitrogens is 3. The topological polar surface area (TPSA) is 79.8 Å². The van der Waals surface area contributed by atoms with Gasteiger partial charge in [-0.3, -0.25) is 9.36 Å². The number of amides is 1. The molecule has 2 unspecified atom stereocenters. The molecule has 2 atom stereocenters. The van der Waals surface area contributed by atoms with E-state index in [1.165, 1.54) is 6.42 Å². The maximum Gasteiger partial charge on any atom is 0.343 e. The van der Waals surface area contributed by atoms with Gasteiger partial charge in [-0.25, -0.2) is 9.89 Å². The number of nitrogens with one attached hydrogen (secondary N) is 2. The number of aromatic amines is 1. The summed E-state index contributed by atoms with van der Waals surface area (Å²) >= 11 is 0. The third-order valence-corrected chi connectivity index (χ3v) is 4.87. The van der Waals surface area contributed by atoms with Crippen LogP contribution in [0.15, 0.2) is 4.79 Å². The quantitative estimate of drug-likeness (QED) is 0.892. The van der Waals surface area contributed by atoms with Gasteiger partial charge in [0, 0.05) is 12.0 Å². The fraction of sp³-hybridized carbons (Fsp3) is 0.812. The zero-order valence-corrected chi connectivity index (χ0v) is 13.7. The van der Waals surface area contributed by atoms with Crippen molar-refractivity contribution in [2.24, 2.45) is 17.3 Å². The molecule has 1 aromatic rings. The molecule has 2 aliphatic rings. The van der Waals surface area contributed by atoms with Crippen LogP contribution in [0.5, 0.6) is 0 Å². The summed E-state index contributed by atoms with van der Waals surface area (Å²) in [5, 5.41) is 9.52. The molecule has 0 aliphatic heterocycles. The Kier molecular flexibility index (Phi) is 3.87. The van der Waals surface area contributed by atoms with Crippen molar-refractivity contribution in [1.82, 2.24) is 20.1 Å². The van der Waals surface area contributed by atoms with E-state index in [1.807, 2.05) is 0 Å². The van der Waals surface area contributed by atoms with Crippen LogP contribution in [0.25, 0.3) is 0 Å². The number of nitrogens with zero attached hydrogens (tertiary/aromatic N) is 2. The first-order valence-electron chi connectivity index (χ1n) is 8.29. The highest BCUT2D eigenvalue weighted by Crippen LogP contribution is 2.41. The lowest BCUT2D eigenvalue weighted by atomic mass is 9.68. The Labute approximate surface area is 130 Å². The highest BCUT2D eigenvalue weighted by molar-refractivity contribution is 5.78. The Morgan fingerprint density at radius 2 is 2.14 bits per heavy atom. The largest absolute Gasteiger partial charge is 0.349 e. The molecule has 6 heteroatoms. The Morgan fingerprint density at radius 1 is 1.41 bits per heavy atom. The van der Waals surface area contributed by atoms with Crippen LogP contribution in [0, 0.1) is 17.3 Å². The number of rotatable bonds is 4. The predicted molar refractivity (Wildman–Crippen MR) is 83.3 cm³/mol. The molecule has 1 amide bonds. The summed E-state index contributed by atoms with van der Waals surface area (Å²) in [4.78, 5) is 24.2. The summed E-state index contributed by atoms with van der Waals surface area (Å²) < 4.78 is 1.69. The van der Waals surface area contributed by atoms with Gasteiger partial charge in [-0.1, -0.05) is 20.8 Å². The molecule has 2 saturated carbocycles. The Hall–Kier alpha value is -1.59. The van der Waals surface area contributed by atoms with Crippen molar-refractivity contribution < 1.29 is 4.79 Å². The van der Waals surface area contributed by atoms with Gasteiger partial charge in [0.25, 0.3) is 0 Å². The number of carbonyl (C=O) groups is 1. The molecule has 1 aromatic heterocycles. The Bertz CT molecular complexity index is 612. The first-order chi connectivity index (χ1) is 10.4. The minimum absolute atomic E-state index is 0.0683. The molecule has 0 bridgehead atoms. The van der Waals surface area contributed by atoms with Gasteiger partial charge in [0.05, 0.1) is 6.54 Å². The van der Waals surface area contributed by atoms with E-state index in [-0.39, 0.29) is 29.0 Å². The molecule has 0 saturated heterocycles. The van der Waals surface area contributed by atoms with Gasteiger partial charge in [0.2, 0.25) is 5.91 Å². The molecule has 2 aliphatic carbocycles. The maximum atomic E-state index is 12.5. The summed E-state index contributed by atoms with van der Waals surface area (Å²) in [5.74, 6) is 1.38. The van der Waals surface area contributed by atoms with Crippen molar-refractivity contribution >= 4 is 5.91 Å². The van der Waals surface area contributed by atoms with Gasteiger partial charge in [0.15, 0.2) is 5.82 Å². The summed E-state index contributed by atoms with van der Waals surface area (Å²) in [6.45, 7) is 7.03. The molecular formula is C16H26N4O2. The highest BCUT2D eigenvalue weighted by atomic mass is 16.2. The normalized spacial score (nSPS) is 27.6. The van der Waals surface area contributed by atoms with Gasteiger partial charge in [0.1, 0.15) is 0 Å². The summed E-state index contributed by atoms with van der Waals surface area (Å²) in [5.41, 5.74) is 0.0569. The van der Waals surface area contributed by atoms with Crippen LogP contribution in [0.1, 0.15) is 64.7 Å². The predicted octanol–water partition coefficient (Wildman–Crippen LogP) is 1.98. The molecule has 22 heavy (non-hydrogen) atoms. The summed E-state index contributed by atoms with van der Waals surface area (Å²) in [6, 6.07) is 0.270. The van der Waals surface area contributed by atoms with Crippen molar-refractivity contribution in [3.05, 3.63) is 16.3 Å². The minimum Gasteiger partial charge on any atom is -0.349 e. The van der Waals surface area contributed by atoms with E-state index in [0.29, 0.717) is 18.3 Å². The van der Waals surface area contributed by atoms with Crippen molar-refractivity contribution in [1.29, 1.82) is 0 Å². The Morgan fingerprint density at radius 3 is 2.77 bits per heavy atom. The van der Waals surface area contributed by atoms with Gasteiger partial charge in [-0.2, -0.15) is 5.10 Å². The summed E-state index contributed by atoms with van der Waals surface area (Å²) in [7, 11) is 0. The molecule has 122 valence electrons. The molecule has 2 fully saturated rings. The van der Waals surface area contributed by atoms with Crippen molar-refractivity contribution in [2.45, 2.75) is 65.5 Å². The van der Waals surface area contributed by atoms with E-state index >= 15 is 0 Å². The van der Waals surface area contributed by atoms with Crippen molar-refractivity contribution in [3.63, 3.8) is 0 Å². The van der Waals surface area contributed by atoms with Gasteiger partial charge < -0.3 is 5.32 Å². The molecule has 2 N–H and O–H groups in total. The first-order valence-corrected chi connectivity index (χ1v) is 8.29. The molecule has 0 spiro atoms. The number of carbonyl (C=O) groups excluding carboxylic acids is 1. The second-order valence-electron chi connectivity index (χ2n) is 7.87. The van der Waals surface area contributed by atoms with Crippen LogP contribution in [0.4, 0.5) is 0 Å². The maximum absolute atomic E-state index is 12.5. The second kappa shape index (κ2) is 5.56. The lowest BCUT2D eigenvalue weighted by molar-refractivity contribution is -0.128. The highest BCUT2D eigenvalue weighted by Gasteiger charge is 2.35. The average molecular weight is 306 g/mol. The minimum atomic E-state index is -0.167. The monoisotopic (exact) mass is 306 g/mol. The van der Waals surface area contributed by atoms with Crippen LogP contribution in [0.2, 0.25) is 0 Å². The fourth-order valence-corrected chi connectivity index (χ4v) is 4.03. The third-order valence-electron chi connectivity index (χ3n) is 4.87. The number of hydrogen-bond acceptors (Lipinski definition) is 3. The third kappa shape index (κ3) is 3.25. The van der Waals surface area contributed by atoms with E-state index in [1.54, 1.807) is 4.57 Å². The zero-order chi connectivity index (χ0) is 15.9. The molecular weight excluding hydrogens is 280 g/mol. The van der Waals surface area contributed by atoms with Gasteiger partial charge >= 0.3 is 5.69 Å². The van der Waals surface area contributed by atoms with Crippen molar-refractivity contribution in [2.75, 3.05) is 0 Å². The van der Waals surface area contributed by atoms with Gasteiger partial charge in [-0.05, 0) is 43.4 Å². The van der Waals surface area contributed by atoms with Crippen LogP contribution >= 0.6 is 0 Å². The lowest BCUT2D eigenvalue weighted by Gasteiger charge is -2.38. The lowest BCUT2D eigenvalue weighted by Crippen LogP contribution is -2.38. The van der Waals surface area contributed by atoms with Crippen LogP contribution in [-0.4, -0.2) is 20.7 Å². The molecule has 0 aromatic carbocycles. The first kappa shape index (κ1) is 15.3. The average Bonchev–Trinajstić information content (AvgIpc) is 3.17. The van der Waals surface area contributed by atoms with E-state index in [0.717, 1.165) is 25.7 Å². The van der Waals surface area contributed by atoms with Crippen LogP contribution in [-0.2, 0) is 11.3 Å². The van der Waals surface area contributed by atoms with Crippen molar-refractivity contribution in [3.8, 4) is 0 Å². The fourth-order valence-electron chi connectivity index (χ4n) is 4.03.